The third-order valence-electron chi connectivity index (χ3n) is 3.49. The molecule has 1 saturated heterocycles. The van der Waals surface area contributed by atoms with E-state index in [1.165, 1.54) is 6.42 Å². The fourth-order valence-electron chi connectivity index (χ4n) is 2.27. The summed E-state index contributed by atoms with van der Waals surface area (Å²) in [6.07, 6.45) is 3.24. The first-order valence-electron chi connectivity index (χ1n) is 7.03. The van der Waals surface area contributed by atoms with Crippen LogP contribution in [0.4, 0.5) is 0 Å². The van der Waals surface area contributed by atoms with Crippen LogP contribution in [0.2, 0.25) is 0 Å². The monoisotopic (exact) mass is 340 g/mol. The predicted octanol–water partition coefficient (Wildman–Crippen LogP) is 2.43. The van der Waals surface area contributed by atoms with Gasteiger partial charge in [-0.25, -0.2) is 0 Å². The highest BCUT2D eigenvalue weighted by atomic mass is 79.9. The summed E-state index contributed by atoms with van der Waals surface area (Å²) in [5.74, 6) is 0.994. The molecule has 0 radical (unpaired) electrons. The minimum absolute atomic E-state index is 0.0126. The van der Waals surface area contributed by atoms with Gasteiger partial charge in [0.2, 0.25) is 5.91 Å². The summed E-state index contributed by atoms with van der Waals surface area (Å²) >= 11 is 3.38. The molecule has 1 amide bonds. The summed E-state index contributed by atoms with van der Waals surface area (Å²) in [6.45, 7) is 2.06. The molecule has 0 bridgehead atoms. The van der Waals surface area contributed by atoms with E-state index in [4.69, 9.17) is 4.74 Å². The van der Waals surface area contributed by atoms with E-state index < -0.39 is 0 Å². The third kappa shape index (κ3) is 4.49. The zero-order chi connectivity index (χ0) is 14.4. The van der Waals surface area contributed by atoms with Crippen molar-refractivity contribution in [1.29, 1.82) is 0 Å². The van der Waals surface area contributed by atoms with Gasteiger partial charge >= 0.3 is 0 Å². The first-order valence-corrected chi connectivity index (χ1v) is 7.83. The molecule has 1 atom stereocenters. The van der Waals surface area contributed by atoms with E-state index in [9.17, 15) is 4.79 Å². The molecule has 4 nitrogen and oxygen atoms in total. The molecular weight excluding hydrogens is 320 g/mol. The van der Waals surface area contributed by atoms with Crippen LogP contribution in [0.1, 0.15) is 19.3 Å². The highest BCUT2D eigenvalue weighted by molar-refractivity contribution is 9.10. The lowest BCUT2D eigenvalue weighted by Crippen LogP contribution is -2.48. The van der Waals surface area contributed by atoms with Gasteiger partial charge in [0.1, 0.15) is 12.4 Å². The molecule has 1 aromatic rings. The summed E-state index contributed by atoms with van der Waals surface area (Å²) in [5.41, 5.74) is 0. The fourth-order valence-corrected chi connectivity index (χ4v) is 2.53. The Hall–Kier alpha value is -1.07. The Morgan fingerprint density at radius 3 is 2.80 bits per heavy atom. The number of hydrogen-bond acceptors (Lipinski definition) is 3. The van der Waals surface area contributed by atoms with Gasteiger partial charge in [-0.1, -0.05) is 22.4 Å². The summed E-state index contributed by atoms with van der Waals surface area (Å²) in [4.78, 5) is 13.9. The van der Waals surface area contributed by atoms with Gasteiger partial charge in [0.05, 0.1) is 12.6 Å². The second kappa shape index (κ2) is 7.64. The van der Waals surface area contributed by atoms with Crippen molar-refractivity contribution in [3.8, 4) is 5.75 Å². The Balaban J connectivity index is 1.72. The predicted molar refractivity (Wildman–Crippen MR) is 82.9 cm³/mol. The van der Waals surface area contributed by atoms with Crippen LogP contribution in [0, 0.1) is 0 Å². The van der Waals surface area contributed by atoms with Crippen molar-refractivity contribution >= 4 is 21.8 Å². The highest BCUT2D eigenvalue weighted by Gasteiger charge is 2.23. The Labute approximate surface area is 128 Å². The van der Waals surface area contributed by atoms with Crippen molar-refractivity contribution in [3.05, 3.63) is 28.7 Å². The Bertz CT molecular complexity index is 430. The molecule has 1 aliphatic heterocycles. The Kier molecular flexibility index (Phi) is 5.86. The van der Waals surface area contributed by atoms with Crippen LogP contribution in [0.25, 0.3) is 0 Å². The number of hydrogen-bond donors (Lipinski definition) is 1. The van der Waals surface area contributed by atoms with Crippen LogP contribution >= 0.6 is 15.9 Å². The van der Waals surface area contributed by atoms with Crippen molar-refractivity contribution in [3.63, 3.8) is 0 Å². The molecule has 1 N–H and O–H groups in total. The lowest BCUT2D eigenvalue weighted by Gasteiger charge is -2.27. The molecule has 20 heavy (non-hydrogen) atoms. The molecule has 110 valence electrons. The van der Waals surface area contributed by atoms with Crippen LogP contribution < -0.4 is 10.1 Å². The molecule has 1 fully saturated rings. The largest absolute Gasteiger partial charge is 0.492 e. The van der Waals surface area contributed by atoms with Crippen molar-refractivity contribution in [2.45, 2.75) is 25.3 Å². The third-order valence-corrected chi connectivity index (χ3v) is 4.02. The highest BCUT2D eigenvalue weighted by Crippen LogP contribution is 2.16. The quantitative estimate of drug-likeness (QED) is 0.894. The number of nitrogens with one attached hydrogen (secondary N) is 1. The second-order valence-electron chi connectivity index (χ2n) is 5.06. The van der Waals surface area contributed by atoms with E-state index in [0.29, 0.717) is 13.2 Å². The number of carbonyl (C=O) groups excluding carboxylic acids is 1. The lowest BCUT2D eigenvalue weighted by molar-refractivity contribution is -0.133. The summed E-state index contributed by atoms with van der Waals surface area (Å²) in [6, 6.07) is 7.69. The van der Waals surface area contributed by atoms with Crippen LogP contribution in [-0.4, -0.2) is 43.6 Å². The van der Waals surface area contributed by atoms with E-state index in [1.54, 1.807) is 4.90 Å². The number of amides is 1. The fraction of sp³-hybridized carbons (Fsp3) is 0.533. The summed E-state index contributed by atoms with van der Waals surface area (Å²) < 4.78 is 6.66. The minimum Gasteiger partial charge on any atom is -0.492 e. The topological polar surface area (TPSA) is 41.6 Å². The summed E-state index contributed by atoms with van der Waals surface area (Å²) in [5, 5.41) is 3.28. The van der Waals surface area contributed by atoms with Gasteiger partial charge in [0.25, 0.3) is 0 Å². The SMILES string of the molecule is CN(CCOc1ccc(Br)cc1)C(=O)[C@@H]1CCCCN1. The van der Waals surface area contributed by atoms with Crippen molar-refractivity contribution < 1.29 is 9.53 Å². The van der Waals surface area contributed by atoms with Gasteiger partial charge in [0, 0.05) is 11.5 Å². The van der Waals surface area contributed by atoms with Gasteiger partial charge < -0.3 is 15.0 Å². The number of likely N-dealkylation sites (N-methyl/N-ethyl adjacent to an activating group) is 1. The number of piperidine rings is 1. The molecule has 0 aromatic heterocycles. The average molecular weight is 341 g/mol. The first-order chi connectivity index (χ1) is 9.66. The zero-order valence-corrected chi connectivity index (χ0v) is 13.4. The second-order valence-corrected chi connectivity index (χ2v) is 5.98. The first kappa shape index (κ1) is 15.3. The molecule has 1 aliphatic rings. The standard InChI is InChI=1S/C15H21BrN2O2/c1-18(15(19)14-4-2-3-9-17-14)10-11-20-13-7-5-12(16)6-8-13/h5-8,14,17H,2-4,9-11H2,1H3/t14-/m0/s1. The van der Waals surface area contributed by atoms with Crippen molar-refractivity contribution in [1.82, 2.24) is 10.2 Å². The molecule has 0 saturated carbocycles. The number of rotatable bonds is 5. The minimum atomic E-state index is -0.0126. The van der Waals surface area contributed by atoms with Crippen molar-refractivity contribution in [2.24, 2.45) is 0 Å². The molecule has 0 unspecified atom stereocenters. The molecule has 0 aliphatic carbocycles. The zero-order valence-electron chi connectivity index (χ0n) is 11.8. The molecule has 1 heterocycles. The summed E-state index contributed by atoms with van der Waals surface area (Å²) in [7, 11) is 1.84. The molecule has 2 rings (SSSR count). The molecule has 1 aromatic carbocycles. The van der Waals surface area contributed by atoms with Crippen LogP contribution in [0.15, 0.2) is 28.7 Å². The maximum Gasteiger partial charge on any atom is 0.239 e. The van der Waals surface area contributed by atoms with Gasteiger partial charge in [0.15, 0.2) is 0 Å². The molecule has 0 spiro atoms. The van der Waals surface area contributed by atoms with E-state index in [0.717, 1.165) is 29.6 Å². The van der Waals surface area contributed by atoms with E-state index >= 15 is 0 Å². The molecular formula is C15H21BrN2O2. The Morgan fingerprint density at radius 1 is 1.40 bits per heavy atom. The number of halogens is 1. The van der Waals surface area contributed by atoms with Crippen LogP contribution in [0.3, 0.4) is 0 Å². The van der Waals surface area contributed by atoms with Gasteiger partial charge in [-0.3, -0.25) is 4.79 Å². The van der Waals surface area contributed by atoms with Crippen LogP contribution in [-0.2, 0) is 4.79 Å². The average Bonchev–Trinajstić information content (AvgIpc) is 2.49. The number of carbonyl (C=O) groups is 1. The maximum atomic E-state index is 12.2. The van der Waals surface area contributed by atoms with Gasteiger partial charge in [-0.2, -0.15) is 0 Å². The smallest absolute Gasteiger partial charge is 0.239 e. The molecule has 5 heteroatoms. The van der Waals surface area contributed by atoms with E-state index in [-0.39, 0.29) is 11.9 Å². The van der Waals surface area contributed by atoms with Crippen molar-refractivity contribution in [2.75, 3.05) is 26.7 Å². The Morgan fingerprint density at radius 2 is 2.15 bits per heavy atom. The number of nitrogens with zero attached hydrogens (tertiary/aromatic N) is 1. The lowest BCUT2D eigenvalue weighted by atomic mass is 10.0. The van der Waals surface area contributed by atoms with Gasteiger partial charge in [-0.05, 0) is 43.7 Å². The normalized spacial score (nSPS) is 18.6. The van der Waals surface area contributed by atoms with E-state index in [2.05, 4.69) is 21.2 Å². The van der Waals surface area contributed by atoms with Crippen LogP contribution in [0.5, 0.6) is 5.75 Å². The number of ether oxygens (including phenoxy) is 1. The number of benzene rings is 1. The van der Waals surface area contributed by atoms with E-state index in [1.807, 2.05) is 31.3 Å². The maximum absolute atomic E-state index is 12.2. The van der Waals surface area contributed by atoms with Gasteiger partial charge in [-0.15, -0.1) is 0 Å².